The summed E-state index contributed by atoms with van der Waals surface area (Å²) in [5, 5.41) is 0. The number of nitrogens with two attached hydrogens (primary N) is 1. The van der Waals surface area contributed by atoms with Crippen LogP contribution in [0, 0.1) is 0 Å². The van der Waals surface area contributed by atoms with E-state index in [-0.39, 0.29) is 0 Å². The molecular weight excluding hydrogens is 248 g/mol. The van der Waals surface area contributed by atoms with Crippen LogP contribution in [0.15, 0.2) is 42.9 Å². The van der Waals surface area contributed by atoms with Gasteiger partial charge >= 0.3 is 0 Å². The smallest absolute Gasteiger partial charge is 0.0950 e. The third-order valence-electron chi connectivity index (χ3n) is 4.00. The lowest BCUT2D eigenvalue weighted by molar-refractivity contribution is 0.323. The summed E-state index contributed by atoms with van der Waals surface area (Å²) in [6.07, 6.45) is 5.24. The van der Waals surface area contributed by atoms with E-state index in [1.165, 1.54) is 12.0 Å². The average Bonchev–Trinajstić information content (AvgIpc) is 3.11. The van der Waals surface area contributed by atoms with E-state index in [9.17, 15) is 0 Å². The van der Waals surface area contributed by atoms with Crippen molar-refractivity contribution in [3.05, 3.63) is 54.1 Å². The quantitative estimate of drug-likeness (QED) is 0.901. The molecular formula is C16H22N4. The fraction of sp³-hybridized carbons (Fsp3) is 0.438. The zero-order chi connectivity index (χ0) is 13.8. The standard InChI is InChI=1S/C16H22N4/c17-7-9-20-12-16(18-13-20)11-19-8-6-15(10-19)14-4-2-1-3-5-14/h1-5,12-13,15H,6-11,17H2. The molecule has 2 aromatic rings. The van der Waals surface area contributed by atoms with Gasteiger partial charge in [-0.15, -0.1) is 0 Å². The fourth-order valence-corrected chi connectivity index (χ4v) is 2.96. The van der Waals surface area contributed by atoms with Gasteiger partial charge in [-0.05, 0) is 24.4 Å². The van der Waals surface area contributed by atoms with Crippen LogP contribution in [0.2, 0.25) is 0 Å². The molecule has 1 aromatic carbocycles. The predicted molar refractivity (Wildman–Crippen MR) is 80.4 cm³/mol. The van der Waals surface area contributed by atoms with Gasteiger partial charge in [0.15, 0.2) is 0 Å². The molecule has 2 heterocycles. The molecule has 4 nitrogen and oxygen atoms in total. The molecule has 1 saturated heterocycles. The van der Waals surface area contributed by atoms with Crippen molar-refractivity contribution in [3.63, 3.8) is 0 Å². The highest BCUT2D eigenvalue weighted by Gasteiger charge is 2.23. The van der Waals surface area contributed by atoms with Gasteiger partial charge in [0.25, 0.3) is 0 Å². The number of likely N-dealkylation sites (tertiary alicyclic amines) is 1. The van der Waals surface area contributed by atoms with Crippen LogP contribution in [0.1, 0.15) is 23.6 Å². The van der Waals surface area contributed by atoms with Gasteiger partial charge in [0.1, 0.15) is 0 Å². The molecule has 20 heavy (non-hydrogen) atoms. The van der Waals surface area contributed by atoms with Crippen molar-refractivity contribution in [2.24, 2.45) is 5.73 Å². The first-order valence-electron chi connectivity index (χ1n) is 7.33. The number of nitrogens with zero attached hydrogens (tertiary/aromatic N) is 3. The zero-order valence-electron chi connectivity index (χ0n) is 11.8. The molecule has 2 N–H and O–H groups in total. The molecule has 0 radical (unpaired) electrons. The zero-order valence-corrected chi connectivity index (χ0v) is 11.8. The minimum Gasteiger partial charge on any atom is -0.336 e. The van der Waals surface area contributed by atoms with Crippen molar-refractivity contribution in [1.29, 1.82) is 0 Å². The number of hydrogen-bond donors (Lipinski definition) is 1. The van der Waals surface area contributed by atoms with Crippen molar-refractivity contribution in [3.8, 4) is 0 Å². The van der Waals surface area contributed by atoms with Gasteiger partial charge in [0, 0.05) is 32.4 Å². The molecule has 1 aliphatic heterocycles. The van der Waals surface area contributed by atoms with Crippen LogP contribution in [0.25, 0.3) is 0 Å². The Morgan fingerprint density at radius 2 is 2.10 bits per heavy atom. The van der Waals surface area contributed by atoms with Gasteiger partial charge in [-0.3, -0.25) is 4.90 Å². The first-order valence-corrected chi connectivity index (χ1v) is 7.33. The summed E-state index contributed by atoms with van der Waals surface area (Å²) in [7, 11) is 0. The molecule has 1 aromatic heterocycles. The van der Waals surface area contributed by atoms with Crippen LogP contribution >= 0.6 is 0 Å². The maximum absolute atomic E-state index is 5.56. The number of aromatic nitrogens is 2. The summed E-state index contributed by atoms with van der Waals surface area (Å²) in [5.74, 6) is 0.669. The highest BCUT2D eigenvalue weighted by Crippen LogP contribution is 2.27. The van der Waals surface area contributed by atoms with E-state index in [4.69, 9.17) is 5.73 Å². The van der Waals surface area contributed by atoms with Gasteiger partial charge in [-0.1, -0.05) is 30.3 Å². The molecule has 0 saturated carbocycles. The minimum absolute atomic E-state index is 0.662. The number of rotatable bonds is 5. The van der Waals surface area contributed by atoms with Crippen molar-refractivity contribution < 1.29 is 0 Å². The molecule has 1 aliphatic rings. The van der Waals surface area contributed by atoms with E-state index in [1.54, 1.807) is 0 Å². The van der Waals surface area contributed by atoms with Crippen LogP contribution in [-0.4, -0.2) is 34.1 Å². The molecule has 1 atom stereocenters. The van der Waals surface area contributed by atoms with Crippen molar-refractivity contribution >= 4 is 0 Å². The Hall–Kier alpha value is -1.65. The Balaban J connectivity index is 1.57. The Morgan fingerprint density at radius 1 is 1.25 bits per heavy atom. The van der Waals surface area contributed by atoms with Gasteiger partial charge in [-0.25, -0.2) is 4.98 Å². The highest BCUT2D eigenvalue weighted by molar-refractivity contribution is 5.21. The normalized spacial score (nSPS) is 19.6. The summed E-state index contributed by atoms with van der Waals surface area (Å²) in [5.41, 5.74) is 8.16. The molecule has 106 valence electrons. The van der Waals surface area contributed by atoms with Crippen LogP contribution in [0.5, 0.6) is 0 Å². The average molecular weight is 270 g/mol. The van der Waals surface area contributed by atoms with Gasteiger partial charge < -0.3 is 10.3 Å². The van der Waals surface area contributed by atoms with Crippen LogP contribution in [-0.2, 0) is 13.1 Å². The second kappa shape index (κ2) is 6.20. The molecule has 1 fully saturated rings. The number of imidazole rings is 1. The Labute approximate surface area is 120 Å². The lowest BCUT2D eigenvalue weighted by Gasteiger charge is -2.14. The minimum atomic E-state index is 0.662. The van der Waals surface area contributed by atoms with Gasteiger partial charge in [0.05, 0.1) is 12.0 Å². The first-order chi connectivity index (χ1) is 9.85. The largest absolute Gasteiger partial charge is 0.336 e. The summed E-state index contributed by atoms with van der Waals surface area (Å²) in [6, 6.07) is 10.8. The number of hydrogen-bond acceptors (Lipinski definition) is 3. The second-order valence-electron chi connectivity index (χ2n) is 5.52. The van der Waals surface area contributed by atoms with Gasteiger partial charge in [-0.2, -0.15) is 0 Å². The first kappa shape index (κ1) is 13.3. The summed E-state index contributed by atoms with van der Waals surface area (Å²) < 4.78 is 2.07. The van der Waals surface area contributed by atoms with E-state index >= 15 is 0 Å². The monoisotopic (exact) mass is 270 g/mol. The lowest BCUT2D eigenvalue weighted by Crippen LogP contribution is -2.20. The van der Waals surface area contributed by atoms with Crippen LogP contribution in [0.4, 0.5) is 0 Å². The molecule has 1 unspecified atom stereocenters. The lowest BCUT2D eigenvalue weighted by atomic mass is 9.99. The predicted octanol–water partition coefficient (Wildman–Crippen LogP) is 1.83. The van der Waals surface area contributed by atoms with E-state index in [0.717, 1.165) is 31.9 Å². The third-order valence-corrected chi connectivity index (χ3v) is 4.00. The Morgan fingerprint density at radius 3 is 2.90 bits per heavy atom. The van der Waals surface area contributed by atoms with Crippen molar-refractivity contribution in [1.82, 2.24) is 14.5 Å². The summed E-state index contributed by atoms with van der Waals surface area (Å²) in [6.45, 7) is 4.74. The fourth-order valence-electron chi connectivity index (χ4n) is 2.96. The molecule has 0 amide bonds. The second-order valence-corrected chi connectivity index (χ2v) is 5.52. The van der Waals surface area contributed by atoms with Crippen molar-refractivity contribution in [2.75, 3.05) is 19.6 Å². The maximum Gasteiger partial charge on any atom is 0.0950 e. The van der Waals surface area contributed by atoms with E-state index in [0.29, 0.717) is 12.5 Å². The van der Waals surface area contributed by atoms with Crippen LogP contribution < -0.4 is 5.73 Å². The molecule has 0 spiro atoms. The van der Waals surface area contributed by atoms with E-state index < -0.39 is 0 Å². The van der Waals surface area contributed by atoms with E-state index in [1.807, 2.05) is 6.33 Å². The van der Waals surface area contributed by atoms with Gasteiger partial charge in [0.2, 0.25) is 0 Å². The SMILES string of the molecule is NCCn1cnc(CN2CCC(c3ccccc3)C2)c1. The molecule has 3 rings (SSSR count). The number of benzene rings is 1. The van der Waals surface area contributed by atoms with E-state index in [2.05, 4.69) is 51.0 Å². The Kier molecular flexibility index (Phi) is 4.14. The topological polar surface area (TPSA) is 47.1 Å². The molecule has 0 bridgehead atoms. The Bertz CT molecular complexity index is 534. The maximum atomic E-state index is 5.56. The molecule has 0 aliphatic carbocycles. The third kappa shape index (κ3) is 3.08. The van der Waals surface area contributed by atoms with Crippen molar-refractivity contribution in [2.45, 2.75) is 25.4 Å². The van der Waals surface area contributed by atoms with Crippen LogP contribution in [0.3, 0.4) is 0 Å². The summed E-state index contributed by atoms with van der Waals surface area (Å²) >= 11 is 0. The molecule has 4 heteroatoms. The summed E-state index contributed by atoms with van der Waals surface area (Å²) in [4.78, 5) is 6.95. The highest BCUT2D eigenvalue weighted by atomic mass is 15.2.